The number of amides is 1. The van der Waals surface area contributed by atoms with Crippen molar-refractivity contribution in [1.82, 2.24) is 0 Å². The van der Waals surface area contributed by atoms with Gasteiger partial charge in [0.05, 0.1) is 32.0 Å². The molecule has 134 valence electrons. The smallest absolute Gasteiger partial charge is 0.416 e. The molecule has 2 aromatic carbocycles. The Bertz CT molecular complexity index is 731. The van der Waals surface area contributed by atoms with E-state index in [-0.39, 0.29) is 12.5 Å². The standard InChI is InChI=1S/C17H17F3N2O3/c1-24-13-7-8-15(25-2)14(9-13)22-16(23)10-21-12-5-3-11(4-6-12)17(18,19)20/h3-9,21H,10H2,1-2H3,(H,22,23). The third-order valence-electron chi connectivity index (χ3n) is 3.35. The number of benzene rings is 2. The van der Waals surface area contributed by atoms with Gasteiger partial charge < -0.3 is 20.1 Å². The summed E-state index contributed by atoms with van der Waals surface area (Å²) in [4.78, 5) is 12.0. The van der Waals surface area contributed by atoms with Gasteiger partial charge in [-0.3, -0.25) is 4.79 Å². The average Bonchev–Trinajstić information content (AvgIpc) is 2.59. The number of hydrogen-bond acceptors (Lipinski definition) is 4. The van der Waals surface area contributed by atoms with E-state index < -0.39 is 11.7 Å². The molecule has 2 aromatic rings. The second-order valence-electron chi connectivity index (χ2n) is 5.04. The van der Waals surface area contributed by atoms with Gasteiger partial charge in [0, 0.05) is 11.8 Å². The molecule has 0 fully saturated rings. The van der Waals surface area contributed by atoms with Crippen molar-refractivity contribution in [3.05, 3.63) is 48.0 Å². The van der Waals surface area contributed by atoms with Gasteiger partial charge in [0.15, 0.2) is 0 Å². The first-order valence-electron chi connectivity index (χ1n) is 7.26. The molecule has 0 heterocycles. The van der Waals surface area contributed by atoms with E-state index in [1.165, 1.54) is 26.4 Å². The molecule has 2 N–H and O–H groups in total. The molecule has 0 aliphatic carbocycles. The van der Waals surface area contributed by atoms with E-state index >= 15 is 0 Å². The van der Waals surface area contributed by atoms with Gasteiger partial charge >= 0.3 is 6.18 Å². The van der Waals surface area contributed by atoms with Crippen LogP contribution < -0.4 is 20.1 Å². The van der Waals surface area contributed by atoms with E-state index in [2.05, 4.69) is 10.6 Å². The fourth-order valence-corrected chi connectivity index (χ4v) is 2.07. The van der Waals surface area contributed by atoms with Crippen molar-refractivity contribution in [2.24, 2.45) is 0 Å². The van der Waals surface area contributed by atoms with Crippen molar-refractivity contribution in [2.75, 3.05) is 31.4 Å². The van der Waals surface area contributed by atoms with Gasteiger partial charge in [-0.05, 0) is 36.4 Å². The van der Waals surface area contributed by atoms with Gasteiger partial charge in [-0.25, -0.2) is 0 Å². The Morgan fingerprint density at radius 3 is 2.28 bits per heavy atom. The van der Waals surface area contributed by atoms with Gasteiger partial charge in [0.25, 0.3) is 0 Å². The Labute approximate surface area is 142 Å². The molecule has 0 saturated carbocycles. The molecule has 0 aliphatic heterocycles. The summed E-state index contributed by atoms with van der Waals surface area (Å²) in [6.45, 7) is -0.119. The molecule has 0 saturated heterocycles. The molecule has 0 unspecified atom stereocenters. The number of halogens is 3. The molecular weight excluding hydrogens is 337 g/mol. The molecular formula is C17H17F3N2O3. The SMILES string of the molecule is COc1ccc(OC)c(NC(=O)CNc2ccc(C(F)(F)F)cc2)c1. The third kappa shape index (κ3) is 5.03. The zero-order chi connectivity index (χ0) is 18.4. The van der Waals surface area contributed by atoms with Crippen molar-refractivity contribution in [1.29, 1.82) is 0 Å². The highest BCUT2D eigenvalue weighted by molar-refractivity contribution is 5.95. The fraction of sp³-hybridized carbons (Fsp3) is 0.235. The van der Waals surface area contributed by atoms with Crippen LogP contribution in [0.2, 0.25) is 0 Å². The van der Waals surface area contributed by atoms with Gasteiger partial charge in [-0.1, -0.05) is 0 Å². The number of rotatable bonds is 6. The molecule has 8 heteroatoms. The first-order valence-corrected chi connectivity index (χ1v) is 7.26. The van der Waals surface area contributed by atoms with Crippen molar-refractivity contribution in [3.63, 3.8) is 0 Å². The van der Waals surface area contributed by atoms with E-state index in [1.807, 2.05) is 0 Å². The maximum Gasteiger partial charge on any atom is 0.416 e. The van der Waals surface area contributed by atoms with Gasteiger partial charge in [0.1, 0.15) is 11.5 Å². The monoisotopic (exact) mass is 354 g/mol. The van der Waals surface area contributed by atoms with E-state index in [1.54, 1.807) is 18.2 Å². The summed E-state index contributed by atoms with van der Waals surface area (Å²) in [6, 6.07) is 9.38. The Kier molecular flexibility index (Phi) is 5.74. The van der Waals surface area contributed by atoms with Crippen LogP contribution in [0.4, 0.5) is 24.5 Å². The van der Waals surface area contributed by atoms with Crippen molar-refractivity contribution in [2.45, 2.75) is 6.18 Å². The number of carbonyl (C=O) groups is 1. The molecule has 0 bridgehead atoms. The Morgan fingerprint density at radius 1 is 1.04 bits per heavy atom. The third-order valence-corrected chi connectivity index (χ3v) is 3.35. The van der Waals surface area contributed by atoms with Crippen LogP contribution >= 0.6 is 0 Å². The number of hydrogen-bond donors (Lipinski definition) is 2. The van der Waals surface area contributed by atoms with Crippen LogP contribution in [0.15, 0.2) is 42.5 Å². The second kappa shape index (κ2) is 7.78. The summed E-state index contributed by atoms with van der Waals surface area (Å²) in [5.41, 5.74) is 0.0884. The molecule has 1 amide bonds. The molecule has 0 aliphatic rings. The van der Waals surface area contributed by atoms with Gasteiger partial charge in [-0.2, -0.15) is 13.2 Å². The summed E-state index contributed by atoms with van der Waals surface area (Å²) in [7, 11) is 2.97. The molecule has 0 aromatic heterocycles. The van der Waals surface area contributed by atoms with Crippen LogP contribution in [0.1, 0.15) is 5.56 Å². The minimum Gasteiger partial charge on any atom is -0.497 e. The zero-order valence-electron chi connectivity index (χ0n) is 13.6. The highest BCUT2D eigenvalue weighted by Crippen LogP contribution is 2.30. The number of methoxy groups -OCH3 is 2. The summed E-state index contributed by atoms with van der Waals surface area (Å²) < 4.78 is 47.8. The second-order valence-corrected chi connectivity index (χ2v) is 5.04. The lowest BCUT2D eigenvalue weighted by molar-refractivity contribution is -0.137. The quantitative estimate of drug-likeness (QED) is 0.829. The molecule has 5 nitrogen and oxygen atoms in total. The maximum absolute atomic E-state index is 12.5. The Hall–Kier alpha value is -2.90. The topological polar surface area (TPSA) is 59.6 Å². The van der Waals surface area contributed by atoms with Crippen LogP contribution in [0, 0.1) is 0 Å². The van der Waals surface area contributed by atoms with Crippen LogP contribution in [0.3, 0.4) is 0 Å². The molecule has 2 rings (SSSR count). The van der Waals surface area contributed by atoms with Crippen molar-refractivity contribution < 1.29 is 27.4 Å². The minimum atomic E-state index is -4.39. The molecule has 0 spiro atoms. The summed E-state index contributed by atoms with van der Waals surface area (Å²) in [5.74, 6) is 0.627. The van der Waals surface area contributed by atoms with E-state index in [0.29, 0.717) is 22.9 Å². The van der Waals surface area contributed by atoms with Crippen LogP contribution in [0.5, 0.6) is 11.5 Å². The molecule has 0 radical (unpaired) electrons. The highest BCUT2D eigenvalue weighted by atomic mass is 19.4. The number of ether oxygens (including phenoxy) is 2. The first kappa shape index (κ1) is 18.4. The number of alkyl halides is 3. The highest BCUT2D eigenvalue weighted by Gasteiger charge is 2.29. The van der Waals surface area contributed by atoms with Crippen LogP contribution in [0.25, 0.3) is 0 Å². The van der Waals surface area contributed by atoms with E-state index in [4.69, 9.17) is 9.47 Å². The number of nitrogens with one attached hydrogen (secondary N) is 2. The largest absolute Gasteiger partial charge is 0.497 e. The number of anilines is 2. The van der Waals surface area contributed by atoms with Crippen molar-refractivity contribution >= 4 is 17.3 Å². The summed E-state index contributed by atoms with van der Waals surface area (Å²) in [6.07, 6.45) is -4.39. The summed E-state index contributed by atoms with van der Waals surface area (Å²) >= 11 is 0. The average molecular weight is 354 g/mol. The predicted molar refractivity (Wildman–Crippen MR) is 88.1 cm³/mol. The van der Waals surface area contributed by atoms with E-state index in [0.717, 1.165) is 12.1 Å². The Morgan fingerprint density at radius 2 is 1.72 bits per heavy atom. The molecule has 0 atom stereocenters. The lowest BCUT2D eigenvalue weighted by Gasteiger charge is -2.13. The van der Waals surface area contributed by atoms with Gasteiger partial charge in [-0.15, -0.1) is 0 Å². The van der Waals surface area contributed by atoms with Gasteiger partial charge in [0.2, 0.25) is 5.91 Å². The first-order chi connectivity index (χ1) is 11.8. The lowest BCUT2D eigenvalue weighted by Crippen LogP contribution is -2.22. The predicted octanol–water partition coefficient (Wildman–Crippen LogP) is 3.77. The maximum atomic E-state index is 12.5. The molecule has 25 heavy (non-hydrogen) atoms. The van der Waals surface area contributed by atoms with Crippen LogP contribution in [-0.2, 0) is 11.0 Å². The summed E-state index contributed by atoms with van der Waals surface area (Å²) in [5, 5.41) is 5.41. The lowest BCUT2D eigenvalue weighted by atomic mass is 10.2. The Balaban J connectivity index is 1.97. The fourth-order valence-electron chi connectivity index (χ4n) is 2.07. The van der Waals surface area contributed by atoms with Crippen molar-refractivity contribution in [3.8, 4) is 11.5 Å². The number of carbonyl (C=O) groups excluding carboxylic acids is 1. The zero-order valence-corrected chi connectivity index (χ0v) is 13.6. The normalized spacial score (nSPS) is 10.9. The van der Waals surface area contributed by atoms with Crippen LogP contribution in [-0.4, -0.2) is 26.7 Å². The van der Waals surface area contributed by atoms with E-state index in [9.17, 15) is 18.0 Å². The minimum absolute atomic E-state index is 0.119.